The van der Waals surface area contributed by atoms with Crippen LogP contribution in [0.5, 0.6) is 0 Å². The van der Waals surface area contributed by atoms with Crippen molar-refractivity contribution in [2.75, 3.05) is 13.2 Å². The first kappa shape index (κ1) is 12.6. The van der Waals surface area contributed by atoms with Gasteiger partial charge in [-0.25, -0.2) is 4.79 Å². The number of hydrogen-bond acceptors (Lipinski definition) is 4. The number of amides is 1. The molecule has 0 radical (unpaired) electrons. The molecule has 1 amide bonds. The molecule has 2 atom stereocenters. The van der Waals surface area contributed by atoms with Gasteiger partial charge in [0.2, 0.25) is 0 Å². The maximum absolute atomic E-state index is 11.7. The zero-order valence-corrected chi connectivity index (χ0v) is 10.7. The SMILES string of the molecule is CC(C)(C)OC(=O)NC12CCC(CO)(C1)OC2. The predicted molar refractivity (Wildman–Crippen MR) is 61.7 cm³/mol. The van der Waals surface area contributed by atoms with Crippen LogP contribution in [0.1, 0.15) is 40.0 Å². The average molecular weight is 243 g/mol. The topological polar surface area (TPSA) is 67.8 Å². The fraction of sp³-hybridized carbons (Fsp3) is 0.917. The summed E-state index contributed by atoms with van der Waals surface area (Å²) in [6.45, 7) is 5.99. The Bertz CT molecular complexity index is 313. The minimum atomic E-state index is -0.493. The molecule has 2 rings (SSSR count). The summed E-state index contributed by atoms with van der Waals surface area (Å²) in [6, 6.07) is 0. The van der Waals surface area contributed by atoms with Crippen LogP contribution in [0.3, 0.4) is 0 Å². The van der Waals surface area contributed by atoms with Crippen molar-refractivity contribution in [2.45, 2.75) is 56.8 Å². The lowest BCUT2D eigenvalue weighted by atomic mass is 9.99. The van der Waals surface area contributed by atoms with E-state index in [9.17, 15) is 9.90 Å². The van der Waals surface area contributed by atoms with Gasteiger partial charge in [-0.3, -0.25) is 0 Å². The van der Waals surface area contributed by atoms with Crippen molar-refractivity contribution in [3.05, 3.63) is 0 Å². The highest BCUT2D eigenvalue weighted by Gasteiger charge is 2.56. The summed E-state index contributed by atoms with van der Waals surface area (Å²) in [5.74, 6) is 0. The van der Waals surface area contributed by atoms with Crippen molar-refractivity contribution in [3.8, 4) is 0 Å². The lowest BCUT2D eigenvalue weighted by Crippen LogP contribution is -2.49. The first-order valence-corrected chi connectivity index (χ1v) is 6.04. The van der Waals surface area contributed by atoms with Crippen LogP contribution in [0, 0.1) is 0 Å². The number of fused-ring (bicyclic) bond motifs is 2. The quantitative estimate of drug-likeness (QED) is 0.764. The Morgan fingerprint density at radius 3 is 2.59 bits per heavy atom. The van der Waals surface area contributed by atoms with Crippen molar-refractivity contribution in [3.63, 3.8) is 0 Å². The minimum absolute atomic E-state index is 0.0186. The smallest absolute Gasteiger partial charge is 0.408 e. The molecule has 5 nitrogen and oxygen atoms in total. The molecule has 0 aromatic carbocycles. The molecule has 1 saturated carbocycles. The Hall–Kier alpha value is -0.810. The maximum Gasteiger partial charge on any atom is 0.408 e. The number of alkyl carbamates (subject to hydrolysis) is 1. The molecule has 0 aromatic heterocycles. The number of ether oxygens (including phenoxy) is 2. The Balaban J connectivity index is 1.95. The Kier molecular flexibility index (Phi) is 2.86. The number of hydrogen-bond donors (Lipinski definition) is 2. The van der Waals surface area contributed by atoms with Gasteiger partial charge in [-0.1, -0.05) is 0 Å². The van der Waals surface area contributed by atoms with Gasteiger partial charge < -0.3 is 19.9 Å². The molecular weight excluding hydrogens is 222 g/mol. The third kappa shape index (κ3) is 2.55. The molecule has 1 aliphatic heterocycles. The summed E-state index contributed by atoms with van der Waals surface area (Å²) in [7, 11) is 0. The molecule has 98 valence electrons. The Morgan fingerprint density at radius 2 is 2.18 bits per heavy atom. The van der Waals surface area contributed by atoms with Gasteiger partial charge in [0.05, 0.1) is 24.4 Å². The number of rotatable bonds is 2. The molecule has 2 fully saturated rings. The second kappa shape index (κ2) is 3.85. The van der Waals surface area contributed by atoms with Crippen LogP contribution in [0.25, 0.3) is 0 Å². The number of carbonyl (C=O) groups excluding carboxylic acids is 1. The summed E-state index contributed by atoms with van der Waals surface area (Å²) < 4.78 is 10.8. The number of nitrogens with one attached hydrogen (secondary N) is 1. The summed E-state index contributed by atoms with van der Waals surface area (Å²) in [5.41, 5.74) is -1.27. The van der Waals surface area contributed by atoms with E-state index in [4.69, 9.17) is 9.47 Å². The van der Waals surface area contributed by atoms with E-state index in [-0.39, 0.29) is 12.1 Å². The fourth-order valence-electron chi connectivity index (χ4n) is 2.64. The molecule has 17 heavy (non-hydrogen) atoms. The molecule has 1 saturated heterocycles. The van der Waals surface area contributed by atoms with Gasteiger partial charge in [0, 0.05) is 6.42 Å². The second-order valence-electron chi connectivity index (χ2n) is 6.21. The number of carbonyl (C=O) groups is 1. The standard InChI is InChI=1S/C12H21NO4/c1-10(2,3)17-9(15)13-11-4-5-12(6-11,7-14)16-8-11/h14H,4-8H2,1-3H3,(H,13,15). The van der Waals surface area contributed by atoms with Crippen LogP contribution < -0.4 is 5.32 Å². The number of aliphatic hydroxyl groups excluding tert-OH is 1. The van der Waals surface area contributed by atoms with E-state index in [0.717, 1.165) is 12.8 Å². The molecule has 2 N–H and O–H groups in total. The van der Waals surface area contributed by atoms with E-state index in [1.165, 1.54) is 0 Å². The predicted octanol–water partition coefficient (Wildman–Crippen LogP) is 1.20. The van der Waals surface area contributed by atoms with Gasteiger partial charge in [-0.2, -0.15) is 0 Å². The maximum atomic E-state index is 11.7. The zero-order valence-electron chi connectivity index (χ0n) is 10.7. The van der Waals surface area contributed by atoms with Crippen molar-refractivity contribution < 1.29 is 19.4 Å². The largest absolute Gasteiger partial charge is 0.444 e. The van der Waals surface area contributed by atoms with Crippen molar-refractivity contribution in [1.29, 1.82) is 0 Å². The third-order valence-electron chi connectivity index (χ3n) is 3.43. The van der Waals surface area contributed by atoms with Crippen LogP contribution in [0.2, 0.25) is 0 Å². The lowest BCUT2D eigenvalue weighted by molar-refractivity contribution is -0.0566. The van der Waals surface area contributed by atoms with Crippen LogP contribution in [-0.4, -0.2) is 41.2 Å². The van der Waals surface area contributed by atoms with Gasteiger partial charge in [-0.15, -0.1) is 0 Å². The van der Waals surface area contributed by atoms with Gasteiger partial charge in [0.15, 0.2) is 0 Å². The highest BCUT2D eigenvalue weighted by molar-refractivity contribution is 5.69. The van der Waals surface area contributed by atoms with Gasteiger partial charge in [0.25, 0.3) is 0 Å². The molecular formula is C12H21NO4. The first-order chi connectivity index (χ1) is 7.78. The third-order valence-corrected chi connectivity index (χ3v) is 3.43. The summed E-state index contributed by atoms with van der Waals surface area (Å²) in [4.78, 5) is 11.7. The highest BCUT2D eigenvalue weighted by atomic mass is 16.6. The Morgan fingerprint density at radius 1 is 1.47 bits per heavy atom. The van der Waals surface area contributed by atoms with Crippen molar-refractivity contribution in [2.24, 2.45) is 0 Å². The molecule has 0 aromatic rings. The zero-order chi connectivity index (χ0) is 12.7. The second-order valence-corrected chi connectivity index (χ2v) is 6.21. The summed E-state index contributed by atoms with van der Waals surface area (Å²) >= 11 is 0. The molecule has 0 spiro atoms. The van der Waals surface area contributed by atoms with Gasteiger partial charge in [-0.05, 0) is 33.6 Å². The number of aliphatic hydroxyl groups is 1. The van der Waals surface area contributed by atoms with E-state index in [2.05, 4.69) is 5.32 Å². The van der Waals surface area contributed by atoms with Crippen molar-refractivity contribution >= 4 is 6.09 Å². The van der Waals surface area contributed by atoms with Crippen molar-refractivity contribution in [1.82, 2.24) is 5.32 Å². The van der Waals surface area contributed by atoms with E-state index < -0.39 is 17.3 Å². The molecule has 2 bridgehead atoms. The molecule has 5 heteroatoms. The fourth-order valence-corrected chi connectivity index (χ4v) is 2.64. The normalized spacial score (nSPS) is 36.0. The molecule has 1 aliphatic carbocycles. The van der Waals surface area contributed by atoms with Gasteiger partial charge in [0.1, 0.15) is 5.60 Å². The highest BCUT2D eigenvalue weighted by Crippen LogP contribution is 2.46. The average Bonchev–Trinajstić information content (AvgIpc) is 2.70. The van der Waals surface area contributed by atoms with Crippen LogP contribution in [-0.2, 0) is 9.47 Å². The minimum Gasteiger partial charge on any atom is -0.444 e. The monoisotopic (exact) mass is 243 g/mol. The van der Waals surface area contributed by atoms with Crippen LogP contribution in [0.15, 0.2) is 0 Å². The van der Waals surface area contributed by atoms with E-state index in [1.54, 1.807) is 0 Å². The lowest BCUT2D eigenvalue weighted by Gasteiger charge is -2.29. The van der Waals surface area contributed by atoms with Crippen LogP contribution in [0.4, 0.5) is 4.79 Å². The Labute approximate surface area is 101 Å². The van der Waals surface area contributed by atoms with E-state index >= 15 is 0 Å². The molecule has 2 unspecified atom stereocenters. The van der Waals surface area contributed by atoms with E-state index in [1.807, 2.05) is 20.8 Å². The summed E-state index contributed by atoms with van der Waals surface area (Å²) in [5, 5.41) is 12.2. The first-order valence-electron chi connectivity index (χ1n) is 6.04. The summed E-state index contributed by atoms with van der Waals surface area (Å²) in [6.07, 6.45) is 1.90. The molecule has 2 aliphatic rings. The van der Waals surface area contributed by atoms with E-state index in [0.29, 0.717) is 13.0 Å². The molecule has 1 heterocycles. The van der Waals surface area contributed by atoms with Gasteiger partial charge >= 0.3 is 6.09 Å². The van der Waals surface area contributed by atoms with Crippen LogP contribution >= 0.6 is 0 Å².